The molecule has 1 aromatic carbocycles. The number of piperazine rings is 1. The minimum Gasteiger partial charge on any atom is -0.339 e. The molecule has 3 rings (SSSR count). The maximum absolute atomic E-state index is 12.5. The fourth-order valence-corrected chi connectivity index (χ4v) is 4.20. The first kappa shape index (κ1) is 20.7. The number of benzene rings is 1. The van der Waals surface area contributed by atoms with Crippen molar-refractivity contribution in [2.45, 2.75) is 32.0 Å². The number of rotatable bonds is 7. The van der Waals surface area contributed by atoms with Gasteiger partial charge in [0.2, 0.25) is 5.91 Å². The molecule has 1 aliphatic rings. The first-order valence-corrected chi connectivity index (χ1v) is 10.4. The molecule has 1 aromatic heterocycles. The van der Waals surface area contributed by atoms with Crippen molar-refractivity contribution in [1.82, 2.24) is 24.6 Å². The number of amides is 1. The molecular weight excluding hydrogens is 384 g/mol. The van der Waals surface area contributed by atoms with Gasteiger partial charge in [0.25, 0.3) is 6.43 Å². The molecule has 0 N–H and O–H groups in total. The molecular formula is C19H25F2N5OS. The molecule has 28 heavy (non-hydrogen) atoms. The predicted molar refractivity (Wildman–Crippen MR) is 106 cm³/mol. The van der Waals surface area contributed by atoms with E-state index in [0.29, 0.717) is 37.9 Å². The van der Waals surface area contributed by atoms with E-state index in [9.17, 15) is 13.6 Å². The highest BCUT2D eigenvalue weighted by Gasteiger charge is 2.23. The van der Waals surface area contributed by atoms with Crippen LogP contribution in [-0.2, 0) is 11.3 Å². The van der Waals surface area contributed by atoms with Gasteiger partial charge in [-0.3, -0.25) is 9.69 Å². The number of aryl methyl sites for hydroxylation is 1. The van der Waals surface area contributed by atoms with Crippen LogP contribution in [0.5, 0.6) is 0 Å². The predicted octanol–water partition coefficient (Wildman–Crippen LogP) is 2.77. The van der Waals surface area contributed by atoms with Crippen molar-refractivity contribution < 1.29 is 13.6 Å². The zero-order valence-corrected chi connectivity index (χ0v) is 17.0. The third kappa shape index (κ3) is 4.88. The molecule has 152 valence electrons. The smallest absolute Gasteiger partial charge is 0.251 e. The van der Waals surface area contributed by atoms with Gasteiger partial charge in [-0.05, 0) is 19.4 Å². The van der Waals surface area contributed by atoms with E-state index in [0.717, 1.165) is 17.0 Å². The van der Waals surface area contributed by atoms with Crippen LogP contribution in [0.1, 0.15) is 12.5 Å². The Morgan fingerprint density at radius 2 is 1.89 bits per heavy atom. The van der Waals surface area contributed by atoms with E-state index in [1.54, 1.807) is 9.80 Å². The third-order valence-corrected chi connectivity index (χ3v) is 5.82. The molecule has 0 bridgehead atoms. The minimum absolute atomic E-state index is 0.00444. The van der Waals surface area contributed by atoms with Crippen molar-refractivity contribution in [3.05, 3.63) is 29.8 Å². The average Bonchev–Trinajstić information content (AvgIpc) is 3.09. The Bertz CT molecular complexity index is 805. The van der Waals surface area contributed by atoms with Crippen molar-refractivity contribution in [2.24, 2.45) is 0 Å². The highest BCUT2D eigenvalue weighted by Crippen LogP contribution is 2.26. The standard InChI is InChI=1S/C19H25F2N5OS/c1-3-26-18(15-7-5-4-6-14(15)2)22-23-19(26)28-13-17(27)25-10-8-24(9-11-25)12-16(20)21/h4-7,16H,3,8-13H2,1-2H3. The first-order chi connectivity index (χ1) is 13.5. The molecule has 0 unspecified atom stereocenters. The van der Waals surface area contributed by atoms with E-state index in [-0.39, 0.29) is 18.2 Å². The second-order valence-electron chi connectivity index (χ2n) is 6.73. The Balaban J connectivity index is 1.59. The van der Waals surface area contributed by atoms with E-state index < -0.39 is 6.43 Å². The number of hydrogen-bond acceptors (Lipinski definition) is 5. The molecule has 0 saturated carbocycles. The van der Waals surface area contributed by atoms with E-state index in [4.69, 9.17) is 0 Å². The van der Waals surface area contributed by atoms with Gasteiger partial charge in [0, 0.05) is 38.3 Å². The Hall–Kier alpha value is -2.00. The zero-order chi connectivity index (χ0) is 20.1. The molecule has 1 saturated heterocycles. The molecule has 1 fully saturated rings. The summed E-state index contributed by atoms with van der Waals surface area (Å²) in [7, 11) is 0. The van der Waals surface area contributed by atoms with Gasteiger partial charge in [-0.15, -0.1) is 10.2 Å². The van der Waals surface area contributed by atoms with Gasteiger partial charge in [-0.25, -0.2) is 8.78 Å². The lowest BCUT2D eigenvalue weighted by molar-refractivity contribution is -0.130. The maximum atomic E-state index is 12.5. The zero-order valence-electron chi connectivity index (χ0n) is 16.1. The topological polar surface area (TPSA) is 54.3 Å². The summed E-state index contributed by atoms with van der Waals surface area (Å²) in [6.45, 7) is 6.50. The number of carbonyl (C=O) groups is 1. The minimum atomic E-state index is -2.33. The van der Waals surface area contributed by atoms with Gasteiger partial charge in [0.1, 0.15) is 0 Å². The van der Waals surface area contributed by atoms with Crippen molar-refractivity contribution in [3.63, 3.8) is 0 Å². The second-order valence-corrected chi connectivity index (χ2v) is 7.67. The number of thioether (sulfide) groups is 1. The largest absolute Gasteiger partial charge is 0.339 e. The lowest BCUT2D eigenvalue weighted by Crippen LogP contribution is -2.50. The van der Waals surface area contributed by atoms with Crippen LogP contribution in [0.4, 0.5) is 8.78 Å². The molecule has 0 radical (unpaired) electrons. The highest BCUT2D eigenvalue weighted by atomic mass is 32.2. The molecule has 0 aliphatic carbocycles. The number of nitrogens with zero attached hydrogens (tertiary/aromatic N) is 5. The van der Waals surface area contributed by atoms with E-state index >= 15 is 0 Å². The number of alkyl halides is 2. The lowest BCUT2D eigenvalue weighted by atomic mass is 10.1. The van der Waals surface area contributed by atoms with Gasteiger partial charge < -0.3 is 9.47 Å². The lowest BCUT2D eigenvalue weighted by Gasteiger charge is -2.34. The van der Waals surface area contributed by atoms with Gasteiger partial charge in [0.05, 0.1) is 12.3 Å². The van der Waals surface area contributed by atoms with Gasteiger partial charge in [-0.1, -0.05) is 36.0 Å². The van der Waals surface area contributed by atoms with Gasteiger partial charge in [-0.2, -0.15) is 0 Å². The van der Waals surface area contributed by atoms with E-state index in [1.807, 2.05) is 42.7 Å². The number of aromatic nitrogens is 3. The summed E-state index contributed by atoms with van der Waals surface area (Å²) >= 11 is 1.37. The van der Waals surface area contributed by atoms with E-state index in [2.05, 4.69) is 10.2 Å². The SMILES string of the molecule is CCn1c(SCC(=O)N2CCN(CC(F)F)CC2)nnc1-c1ccccc1C. The summed E-state index contributed by atoms with van der Waals surface area (Å²) in [6, 6.07) is 8.01. The maximum Gasteiger partial charge on any atom is 0.251 e. The monoisotopic (exact) mass is 409 g/mol. The summed E-state index contributed by atoms with van der Waals surface area (Å²) in [5, 5.41) is 9.33. The Morgan fingerprint density at radius 1 is 1.18 bits per heavy atom. The quantitative estimate of drug-likeness (QED) is 0.659. The van der Waals surface area contributed by atoms with Crippen molar-refractivity contribution >= 4 is 17.7 Å². The Labute approximate surface area is 167 Å². The van der Waals surface area contributed by atoms with Crippen LogP contribution in [-0.4, -0.2) is 75.4 Å². The molecule has 9 heteroatoms. The summed E-state index contributed by atoms with van der Waals surface area (Å²) in [5.41, 5.74) is 2.16. The highest BCUT2D eigenvalue weighted by molar-refractivity contribution is 7.99. The van der Waals surface area contributed by atoms with Crippen LogP contribution in [0.25, 0.3) is 11.4 Å². The molecule has 1 aliphatic heterocycles. The number of carbonyl (C=O) groups excluding carboxylic acids is 1. The van der Waals surface area contributed by atoms with E-state index in [1.165, 1.54) is 11.8 Å². The fraction of sp³-hybridized carbons (Fsp3) is 0.526. The van der Waals surface area contributed by atoms with Crippen LogP contribution < -0.4 is 0 Å². The normalized spacial score (nSPS) is 15.4. The summed E-state index contributed by atoms with van der Waals surface area (Å²) < 4.78 is 26.9. The Morgan fingerprint density at radius 3 is 2.54 bits per heavy atom. The van der Waals surface area contributed by atoms with Crippen molar-refractivity contribution in [1.29, 1.82) is 0 Å². The van der Waals surface area contributed by atoms with Crippen LogP contribution in [0.2, 0.25) is 0 Å². The molecule has 6 nitrogen and oxygen atoms in total. The number of hydrogen-bond donors (Lipinski definition) is 0. The van der Waals surface area contributed by atoms with Gasteiger partial charge in [0.15, 0.2) is 11.0 Å². The average molecular weight is 410 g/mol. The number of halogens is 2. The third-order valence-electron chi connectivity index (χ3n) is 4.86. The second kappa shape index (κ2) is 9.47. The molecule has 0 spiro atoms. The molecule has 1 amide bonds. The van der Waals surface area contributed by atoms with Gasteiger partial charge >= 0.3 is 0 Å². The first-order valence-electron chi connectivity index (χ1n) is 9.40. The van der Waals surface area contributed by atoms with Crippen molar-refractivity contribution in [2.75, 3.05) is 38.5 Å². The van der Waals surface area contributed by atoms with Crippen LogP contribution in [0.15, 0.2) is 29.4 Å². The summed E-state index contributed by atoms with van der Waals surface area (Å²) in [4.78, 5) is 15.9. The molecule has 0 atom stereocenters. The summed E-state index contributed by atoms with van der Waals surface area (Å²) in [5.74, 6) is 1.07. The fourth-order valence-electron chi connectivity index (χ4n) is 3.30. The van der Waals surface area contributed by atoms with Crippen molar-refractivity contribution in [3.8, 4) is 11.4 Å². The Kier molecular flexibility index (Phi) is 7.01. The van der Waals surface area contributed by atoms with Crippen LogP contribution in [0, 0.1) is 6.92 Å². The molecule has 2 heterocycles. The molecule has 2 aromatic rings. The van der Waals surface area contributed by atoms with Crippen LogP contribution in [0.3, 0.4) is 0 Å². The summed E-state index contributed by atoms with van der Waals surface area (Å²) in [6.07, 6.45) is -2.33. The van der Waals surface area contributed by atoms with Crippen LogP contribution >= 0.6 is 11.8 Å².